The lowest BCUT2D eigenvalue weighted by atomic mass is 10.1. The third kappa shape index (κ3) is 5.19. The fourth-order valence-corrected chi connectivity index (χ4v) is 1.44. The predicted molar refractivity (Wildman–Crippen MR) is 67.7 cm³/mol. The molecule has 0 aliphatic heterocycles. The number of carbonyl (C=O) groups is 1. The summed E-state index contributed by atoms with van der Waals surface area (Å²) in [6.45, 7) is 2.36. The molecule has 0 radical (unpaired) electrons. The van der Waals surface area contributed by atoms with Crippen molar-refractivity contribution in [2.45, 2.75) is 25.8 Å². The Hall–Kier alpha value is -1.79. The first kappa shape index (κ1) is 13.3. The van der Waals surface area contributed by atoms with Crippen LogP contribution in [0.2, 0.25) is 0 Å². The van der Waals surface area contributed by atoms with Gasteiger partial charge < -0.3 is 5.11 Å². The van der Waals surface area contributed by atoms with Crippen LogP contribution in [0.15, 0.2) is 30.3 Å². The van der Waals surface area contributed by atoms with E-state index >= 15 is 0 Å². The van der Waals surface area contributed by atoms with E-state index in [2.05, 4.69) is 17.2 Å². The number of hydrogen-bond acceptors (Lipinski definition) is 2. The molecule has 0 heterocycles. The Morgan fingerprint density at radius 2 is 2.12 bits per heavy atom. The highest BCUT2D eigenvalue weighted by Gasteiger charge is 2.13. The average molecular weight is 231 g/mol. The molecular formula is C14H17NO2. The standard InChI is InChI=1S/C14H17NO2/c1-2-7-13(14(16)17)15-11-6-10-12-8-4-3-5-9-12/h3-5,8-9,13,15H,2,7,11H2,1H3,(H,16,17). The van der Waals surface area contributed by atoms with Crippen molar-refractivity contribution >= 4 is 5.97 Å². The van der Waals surface area contributed by atoms with E-state index in [9.17, 15) is 4.79 Å². The maximum absolute atomic E-state index is 10.8. The highest BCUT2D eigenvalue weighted by atomic mass is 16.4. The minimum atomic E-state index is -0.812. The molecule has 90 valence electrons. The lowest BCUT2D eigenvalue weighted by Crippen LogP contribution is -2.36. The van der Waals surface area contributed by atoms with E-state index < -0.39 is 12.0 Å². The van der Waals surface area contributed by atoms with E-state index in [0.29, 0.717) is 13.0 Å². The minimum Gasteiger partial charge on any atom is -0.480 e. The third-order valence-electron chi connectivity index (χ3n) is 2.32. The van der Waals surface area contributed by atoms with Gasteiger partial charge in [-0.15, -0.1) is 0 Å². The van der Waals surface area contributed by atoms with Gasteiger partial charge in [0.15, 0.2) is 0 Å². The van der Waals surface area contributed by atoms with Crippen LogP contribution in [0.4, 0.5) is 0 Å². The molecule has 0 fully saturated rings. The first-order chi connectivity index (χ1) is 8.24. The zero-order chi connectivity index (χ0) is 12.5. The predicted octanol–water partition coefficient (Wildman–Crippen LogP) is 1.88. The Kier molecular flexibility index (Phi) is 5.84. The first-order valence-electron chi connectivity index (χ1n) is 5.74. The van der Waals surface area contributed by atoms with Crippen molar-refractivity contribution in [2.75, 3.05) is 6.54 Å². The highest BCUT2D eigenvalue weighted by molar-refractivity contribution is 5.73. The zero-order valence-corrected chi connectivity index (χ0v) is 9.94. The third-order valence-corrected chi connectivity index (χ3v) is 2.32. The fourth-order valence-electron chi connectivity index (χ4n) is 1.44. The molecule has 0 amide bonds. The Bertz CT molecular complexity index is 403. The van der Waals surface area contributed by atoms with Gasteiger partial charge in [-0.3, -0.25) is 10.1 Å². The van der Waals surface area contributed by atoms with Gasteiger partial charge in [-0.25, -0.2) is 0 Å². The van der Waals surface area contributed by atoms with Crippen molar-refractivity contribution in [3.05, 3.63) is 35.9 Å². The molecule has 0 spiro atoms. The molecule has 3 nitrogen and oxygen atoms in total. The molecular weight excluding hydrogens is 214 g/mol. The van der Waals surface area contributed by atoms with Crippen LogP contribution in [0.3, 0.4) is 0 Å². The number of aliphatic carboxylic acids is 1. The summed E-state index contributed by atoms with van der Waals surface area (Å²) in [5.41, 5.74) is 0.941. The van der Waals surface area contributed by atoms with Crippen molar-refractivity contribution in [3.8, 4) is 11.8 Å². The van der Waals surface area contributed by atoms with Gasteiger partial charge in [0.05, 0.1) is 6.54 Å². The molecule has 1 rings (SSSR count). The van der Waals surface area contributed by atoms with Crippen molar-refractivity contribution in [1.82, 2.24) is 5.32 Å². The van der Waals surface area contributed by atoms with Crippen molar-refractivity contribution in [3.63, 3.8) is 0 Å². The van der Waals surface area contributed by atoms with Crippen LogP contribution in [-0.4, -0.2) is 23.7 Å². The van der Waals surface area contributed by atoms with Crippen molar-refractivity contribution < 1.29 is 9.90 Å². The molecule has 17 heavy (non-hydrogen) atoms. The average Bonchev–Trinajstić information content (AvgIpc) is 2.34. The number of rotatable bonds is 5. The van der Waals surface area contributed by atoms with Crippen LogP contribution >= 0.6 is 0 Å². The van der Waals surface area contributed by atoms with E-state index in [1.165, 1.54) is 0 Å². The summed E-state index contributed by atoms with van der Waals surface area (Å²) in [5, 5.41) is 11.8. The van der Waals surface area contributed by atoms with Gasteiger partial charge in [-0.1, -0.05) is 43.4 Å². The largest absolute Gasteiger partial charge is 0.480 e. The second-order valence-electron chi connectivity index (χ2n) is 3.73. The molecule has 0 saturated heterocycles. The van der Waals surface area contributed by atoms with Crippen molar-refractivity contribution in [1.29, 1.82) is 0 Å². The summed E-state index contributed by atoms with van der Waals surface area (Å²) in [5.74, 6) is 5.08. The maximum Gasteiger partial charge on any atom is 0.320 e. The Labute approximate surface area is 102 Å². The molecule has 0 aromatic heterocycles. The molecule has 0 bridgehead atoms. The number of nitrogens with one attached hydrogen (secondary N) is 1. The number of carboxylic acid groups (broad SMARTS) is 1. The summed E-state index contributed by atoms with van der Waals surface area (Å²) >= 11 is 0. The van der Waals surface area contributed by atoms with Crippen LogP contribution < -0.4 is 5.32 Å². The summed E-state index contributed by atoms with van der Waals surface area (Å²) in [6.07, 6.45) is 1.47. The van der Waals surface area contributed by atoms with Gasteiger partial charge in [0.1, 0.15) is 6.04 Å². The second-order valence-corrected chi connectivity index (χ2v) is 3.73. The lowest BCUT2D eigenvalue weighted by molar-refractivity contribution is -0.139. The van der Waals surface area contributed by atoms with Crippen LogP contribution in [0.25, 0.3) is 0 Å². The van der Waals surface area contributed by atoms with Gasteiger partial charge in [0.25, 0.3) is 0 Å². The van der Waals surface area contributed by atoms with Gasteiger partial charge in [0, 0.05) is 5.56 Å². The summed E-state index contributed by atoms with van der Waals surface area (Å²) < 4.78 is 0. The molecule has 1 aromatic carbocycles. The topological polar surface area (TPSA) is 49.3 Å². The number of benzene rings is 1. The SMILES string of the molecule is CCCC(NCC#Cc1ccccc1)C(=O)O. The minimum absolute atomic E-state index is 0.395. The van der Waals surface area contributed by atoms with Gasteiger partial charge in [0.2, 0.25) is 0 Å². The van der Waals surface area contributed by atoms with E-state index in [-0.39, 0.29) is 0 Å². The van der Waals surface area contributed by atoms with E-state index in [4.69, 9.17) is 5.11 Å². The molecule has 0 saturated carbocycles. The first-order valence-corrected chi connectivity index (χ1v) is 5.74. The Morgan fingerprint density at radius 1 is 1.41 bits per heavy atom. The van der Waals surface area contributed by atoms with Crippen LogP contribution in [-0.2, 0) is 4.79 Å². The van der Waals surface area contributed by atoms with E-state index in [0.717, 1.165) is 12.0 Å². The smallest absolute Gasteiger partial charge is 0.320 e. The monoisotopic (exact) mass is 231 g/mol. The normalized spacial score (nSPS) is 11.4. The van der Waals surface area contributed by atoms with Gasteiger partial charge in [-0.05, 0) is 18.6 Å². The fraction of sp³-hybridized carbons (Fsp3) is 0.357. The molecule has 1 unspecified atom stereocenters. The summed E-state index contributed by atoms with van der Waals surface area (Å²) in [6, 6.07) is 9.14. The second kappa shape index (κ2) is 7.48. The van der Waals surface area contributed by atoms with Crippen LogP contribution in [0, 0.1) is 11.8 Å². The van der Waals surface area contributed by atoms with Gasteiger partial charge >= 0.3 is 5.97 Å². The lowest BCUT2D eigenvalue weighted by Gasteiger charge is -2.10. The van der Waals surface area contributed by atoms with E-state index in [1.54, 1.807) is 0 Å². The van der Waals surface area contributed by atoms with Gasteiger partial charge in [-0.2, -0.15) is 0 Å². The quantitative estimate of drug-likeness (QED) is 0.761. The Morgan fingerprint density at radius 3 is 2.71 bits per heavy atom. The molecule has 1 aromatic rings. The van der Waals surface area contributed by atoms with E-state index in [1.807, 2.05) is 37.3 Å². The molecule has 1 atom stereocenters. The number of hydrogen-bond donors (Lipinski definition) is 2. The highest BCUT2D eigenvalue weighted by Crippen LogP contribution is 1.96. The maximum atomic E-state index is 10.8. The zero-order valence-electron chi connectivity index (χ0n) is 9.94. The summed E-state index contributed by atoms with van der Waals surface area (Å²) in [7, 11) is 0. The number of carboxylic acids is 1. The molecule has 3 heteroatoms. The molecule has 0 aliphatic carbocycles. The van der Waals surface area contributed by atoms with Crippen molar-refractivity contribution in [2.24, 2.45) is 0 Å². The Balaban J connectivity index is 2.41. The molecule has 2 N–H and O–H groups in total. The van der Waals surface area contributed by atoms with Crippen LogP contribution in [0.1, 0.15) is 25.3 Å². The molecule has 0 aliphatic rings. The summed E-state index contributed by atoms with van der Waals surface area (Å²) in [4.78, 5) is 10.8. The van der Waals surface area contributed by atoms with Crippen LogP contribution in [0.5, 0.6) is 0 Å².